The summed E-state index contributed by atoms with van der Waals surface area (Å²) in [5, 5.41) is 6.24. The van der Waals surface area contributed by atoms with Crippen molar-refractivity contribution in [1.82, 2.24) is 19.6 Å². The van der Waals surface area contributed by atoms with Crippen LogP contribution in [0.5, 0.6) is 0 Å². The Morgan fingerprint density at radius 1 is 1.40 bits per heavy atom. The first-order chi connectivity index (χ1) is 9.53. The van der Waals surface area contributed by atoms with Crippen molar-refractivity contribution < 1.29 is 8.42 Å². The Labute approximate surface area is 120 Å². The number of allylic oxidation sites excluding steroid dienone is 2. The molecule has 112 valence electrons. The molecule has 0 bridgehead atoms. The van der Waals surface area contributed by atoms with E-state index in [-0.39, 0.29) is 5.75 Å². The first-order valence-corrected chi connectivity index (χ1v) is 8.73. The molecular weight excluding hydrogens is 276 g/mol. The third-order valence-corrected chi connectivity index (χ3v) is 5.47. The van der Waals surface area contributed by atoms with Crippen LogP contribution in [-0.2, 0) is 10.0 Å². The van der Waals surface area contributed by atoms with E-state index < -0.39 is 10.0 Å². The van der Waals surface area contributed by atoms with Gasteiger partial charge in [-0.05, 0) is 26.2 Å². The van der Waals surface area contributed by atoms with E-state index in [1.54, 1.807) is 10.5 Å². The van der Waals surface area contributed by atoms with Crippen LogP contribution in [0.2, 0.25) is 0 Å². The molecule has 0 unspecified atom stereocenters. The van der Waals surface area contributed by atoms with Gasteiger partial charge in [-0.1, -0.05) is 6.92 Å². The smallest absolute Gasteiger partial charge is 0.262 e. The van der Waals surface area contributed by atoms with Gasteiger partial charge in [0.05, 0.1) is 18.0 Å². The molecule has 2 N–H and O–H groups in total. The lowest BCUT2D eigenvalue weighted by atomic mass is 10.2. The van der Waals surface area contributed by atoms with Gasteiger partial charge in [0.15, 0.2) is 6.21 Å². The van der Waals surface area contributed by atoms with E-state index in [9.17, 15) is 8.42 Å². The van der Waals surface area contributed by atoms with Crippen LogP contribution >= 0.6 is 0 Å². The molecule has 20 heavy (non-hydrogen) atoms. The molecule has 0 radical (unpaired) electrons. The average molecular weight is 299 g/mol. The topological polar surface area (TPSA) is 75.5 Å². The van der Waals surface area contributed by atoms with Crippen molar-refractivity contribution >= 4 is 22.2 Å². The fourth-order valence-corrected chi connectivity index (χ4v) is 3.80. The molecule has 0 aromatic rings. The average Bonchev–Trinajstić information content (AvgIpc) is 2.95. The van der Waals surface area contributed by atoms with Crippen molar-refractivity contribution in [3.05, 3.63) is 11.3 Å². The summed E-state index contributed by atoms with van der Waals surface area (Å²) in [5.41, 5.74) is 2.23. The summed E-state index contributed by atoms with van der Waals surface area (Å²) >= 11 is 0. The first-order valence-electron chi connectivity index (χ1n) is 7.12. The third-order valence-electron chi connectivity index (χ3n) is 3.60. The number of rotatable bonds is 5. The van der Waals surface area contributed by atoms with Gasteiger partial charge in [-0.2, -0.15) is 0 Å². The van der Waals surface area contributed by atoms with E-state index >= 15 is 0 Å². The summed E-state index contributed by atoms with van der Waals surface area (Å²) in [7, 11) is -3.12. The molecule has 0 amide bonds. The Kier molecular flexibility index (Phi) is 4.86. The summed E-state index contributed by atoms with van der Waals surface area (Å²) in [6.45, 7) is 5.77. The van der Waals surface area contributed by atoms with Gasteiger partial charge in [0.2, 0.25) is 10.0 Å². The second kappa shape index (κ2) is 6.43. The Balaban J connectivity index is 1.84. The van der Waals surface area contributed by atoms with Gasteiger partial charge in [-0.3, -0.25) is 5.32 Å². The number of sulfonamides is 1. The van der Waals surface area contributed by atoms with Crippen LogP contribution in [0.4, 0.5) is 0 Å². The minimum atomic E-state index is -3.12. The highest BCUT2D eigenvalue weighted by atomic mass is 32.2. The van der Waals surface area contributed by atoms with Crippen molar-refractivity contribution in [3.8, 4) is 0 Å². The number of nitrogens with zero attached hydrogens (tertiary/aromatic N) is 2. The fraction of sp³-hybridized carbons (Fsp3) is 0.692. The van der Waals surface area contributed by atoms with Gasteiger partial charge in [0.1, 0.15) is 0 Å². The van der Waals surface area contributed by atoms with E-state index in [1.165, 1.54) is 0 Å². The molecule has 0 spiro atoms. The summed E-state index contributed by atoms with van der Waals surface area (Å²) in [6, 6.07) is 0. The molecule has 0 aromatic heterocycles. The van der Waals surface area contributed by atoms with Crippen molar-refractivity contribution in [2.24, 2.45) is 0 Å². The molecule has 6 nitrogen and oxygen atoms in total. The molecule has 7 heteroatoms. The van der Waals surface area contributed by atoms with Crippen LogP contribution < -0.4 is 15.3 Å². The molecule has 1 fully saturated rings. The second-order valence-electron chi connectivity index (χ2n) is 5.10. The number of hydrogen-bond donors (Lipinski definition) is 2. The number of hydrogen-bond acceptors (Lipinski definition) is 4. The van der Waals surface area contributed by atoms with Crippen molar-refractivity contribution in [2.75, 3.05) is 25.4 Å². The highest BCUT2D eigenvalue weighted by Crippen LogP contribution is 2.12. The molecule has 2 rings (SSSR count). The normalized spacial score (nSPS) is 20.0. The monoisotopic (exact) mass is 299 g/mol. The molecule has 2 aliphatic heterocycles. The number of guanidine groups is 1. The van der Waals surface area contributed by atoms with Gasteiger partial charge in [0.25, 0.3) is 0 Å². The first kappa shape index (κ1) is 15.1. The van der Waals surface area contributed by atoms with E-state index in [2.05, 4.69) is 22.2 Å². The van der Waals surface area contributed by atoms with Crippen molar-refractivity contribution in [2.45, 2.75) is 33.1 Å². The Morgan fingerprint density at radius 2 is 2.10 bits per heavy atom. The molecule has 2 heterocycles. The highest BCUT2D eigenvalue weighted by molar-refractivity contribution is 7.89. The summed E-state index contributed by atoms with van der Waals surface area (Å²) in [5.74, 6) is 0.738. The predicted octanol–water partition coefficient (Wildman–Crippen LogP) is -0.217. The minimum absolute atomic E-state index is 0.109. The molecule has 2 aliphatic rings. The summed E-state index contributed by atoms with van der Waals surface area (Å²) in [4.78, 5) is 0. The standard InChI is InChI=1S/C13H22N4O2S/c1-3-12-11(2)10-15-13(16-12)14-6-9-20(18,19)17-7-4-5-8-17/h10H,3-9H2,1-2H3,(H,14,15,16)/p+1. The molecule has 1 saturated heterocycles. The van der Waals surface area contributed by atoms with Crippen LogP contribution in [0.1, 0.15) is 33.1 Å². The minimum Gasteiger partial charge on any atom is -0.262 e. The molecule has 0 aromatic carbocycles. The Bertz CT molecular complexity index is 553. The zero-order chi connectivity index (χ0) is 14.6. The number of nitrogens with one attached hydrogen (secondary N) is 2. The lowest BCUT2D eigenvalue weighted by Crippen LogP contribution is -2.44. The van der Waals surface area contributed by atoms with Gasteiger partial charge in [-0.15, -0.1) is 0 Å². The largest absolute Gasteiger partial charge is 0.443 e. The molecule has 0 aliphatic carbocycles. The Morgan fingerprint density at radius 3 is 2.75 bits per heavy atom. The quantitative estimate of drug-likeness (QED) is 0.689. The molecule has 0 saturated carbocycles. The van der Waals surface area contributed by atoms with Crippen molar-refractivity contribution in [1.29, 1.82) is 0 Å². The van der Waals surface area contributed by atoms with Crippen LogP contribution in [0.25, 0.3) is 0 Å². The summed E-state index contributed by atoms with van der Waals surface area (Å²) < 4.78 is 29.9. The van der Waals surface area contributed by atoms with Gasteiger partial charge in [0, 0.05) is 18.7 Å². The van der Waals surface area contributed by atoms with Gasteiger partial charge in [-0.25, -0.2) is 22.7 Å². The van der Waals surface area contributed by atoms with E-state index in [4.69, 9.17) is 0 Å². The SMILES string of the molecule is CCC1=C(C)C=[N+]=C(NCCS(=O)(=O)N2CCCC2)N1. The lowest BCUT2D eigenvalue weighted by Gasteiger charge is -2.15. The van der Waals surface area contributed by atoms with Gasteiger partial charge >= 0.3 is 5.96 Å². The zero-order valence-corrected chi connectivity index (χ0v) is 13.0. The second-order valence-corrected chi connectivity index (χ2v) is 7.18. The molecule has 0 atom stereocenters. The maximum Gasteiger partial charge on any atom is 0.443 e. The lowest BCUT2D eigenvalue weighted by molar-refractivity contribution is 0.477. The van der Waals surface area contributed by atoms with Crippen LogP contribution in [0.3, 0.4) is 0 Å². The van der Waals surface area contributed by atoms with Crippen LogP contribution in [0, 0.1) is 0 Å². The van der Waals surface area contributed by atoms with E-state index in [0.29, 0.717) is 25.6 Å². The van der Waals surface area contributed by atoms with Crippen LogP contribution in [-0.4, -0.2) is 50.3 Å². The maximum absolute atomic E-state index is 12.1. The Hall–Kier alpha value is -1.30. The third kappa shape index (κ3) is 3.62. The summed E-state index contributed by atoms with van der Waals surface area (Å²) in [6.07, 6.45) is 4.64. The van der Waals surface area contributed by atoms with Crippen molar-refractivity contribution in [3.63, 3.8) is 0 Å². The van der Waals surface area contributed by atoms with E-state index in [1.807, 2.05) is 6.92 Å². The highest BCUT2D eigenvalue weighted by Gasteiger charge is 2.26. The van der Waals surface area contributed by atoms with Crippen LogP contribution in [0.15, 0.2) is 11.3 Å². The zero-order valence-electron chi connectivity index (χ0n) is 12.1. The fourth-order valence-electron chi connectivity index (χ4n) is 2.36. The van der Waals surface area contributed by atoms with E-state index in [0.717, 1.165) is 30.5 Å². The maximum atomic E-state index is 12.1. The predicted molar refractivity (Wildman–Crippen MR) is 81.9 cm³/mol. The van der Waals surface area contributed by atoms with Gasteiger partial charge < -0.3 is 0 Å². The molecular formula is C13H23N4O2S+.